The zero-order valence-electron chi connectivity index (χ0n) is 19.4. The molecule has 0 radical (unpaired) electrons. The molecule has 4 rings (SSSR count). The second kappa shape index (κ2) is 11.3. The fourth-order valence-electron chi connectivity index (χ4n) is 3.80. The molecule has 1 aliphatic heterocycles. The van der Waals surface area contributed by atoms with Gasteiger partial charge in [-0.2, -0.15) is 4.31 Å². The minimum Gasteiger partial charge on any atom is -0.475 e. The van der Waals surface area contributed by atoms with Crippen LogP contribution in [0.15, 0.2) is 71.6 Å². The number of methoxy groups -OCH3 is 1. The number of hydrogen-bond donors (Lipinski definition) is 0. The minimum atomic E-state index is -4.21. The second-order valence-corrected chi connectivity index (χ2v) is 11.2. The largest absolute Gasteiger partial charge is 0.475 e. The van der Waals surface area contributed by atoms with Crippen molar-refractivity contribution in [3.8, 4) is 5.75 Å². The number of amides is 1. The van der Waals surface area contributed by atoms with Gasteiger partial charge >= 0.3 is 5.97 Å². The van der Waals surface area contributed by atoms with E-state index in [2.05, 4.69) is 0 Å². The van der Waals surface area contributed by atoms with Gasteiger partial charge in [-0.25, -0.2) is 13.2 Å². The molecule has 1 amide bonds. The first-order chi connectivity index (χ1) is 17.6. The molecular formula is C25H21Cl3N2O6S. The Bertz CT molecular complexity index is 1410. The van der Waals surface area contributed by atoms with Crippen LogP contribution in [0.1, 0.15) is 5.56 Å². The lowest BCUT2D eigenvalue weighted by atomic mass is 10.1. The zero-order chi connectivity index (χ0) is 26.7. The molecule has 0 aliphatic carbocycles. The number of esters is 1. The lowest BCUT2D eigenvalue weighted by molar-refractivity contribution is -0.148. The Labute approximate surface area is 229 Å². The number of hydrogen-bond acceptors (Lipinski definition) is 6. The molecule has 0 aromatic heterocycles. The maximum atomic E-state index is 13.7. The van der Waals surface area contributed by atoms with Gasteiger partial charge in [0.1, 0.15) is 5.75 Å². The monoisotopic (exact) mass is 582 g/mol. The van der Waals surface area contributed by atoms with Crippen molar-refractivity contribution in [3.63, 3.8) is 0 Å². The van der Waals surface area contributed by atoms with Crippen LogP contribution in [0.4, 0.5) is 5.69 Å². The Morgan fingerprint density at radius 1 is 1.00 bits per heavy atom. The molecule has 1 atom stereocenters. The SMILES string of the molecule is COC(=O)[C@@H]1CN(C(=O)CN(Cc2c(Cl)cccc2Cl)S(=O)(=O)c2ccc(Cl)cc2)c2ccccc2O1. The van der Waals surface area contributed by atoms with E-state index < -0.39 is 34.5 Å². The van der Waals surface area contributed by atoms with Crippen molar-refractivity contribution in [2.24, 2.45) is 0 Å². The Morgan fingerprint density at radius 2 is 1.65 bits per heavy atom. The first-order valence-electron chi connectivity index (χ1n) is 10.9. The molecule has 0 fully saturated rings. The van der Waals surface area contributed by atoms with Crippen molar-refractivity contribution in [1.82, 2.24) is 4.31 Å². The number of ether oxygens (including phenoxy) is 2. The molecule has 1 heterocycles. The van der Waals surface area contributed by atoms with Crippen molar-refractivity contribution < 1.29 is 27.5 Å². The third kappa shape index (κ3) is 5.86. The van der Waals surface area contributed by atoms with Crippen LogP contribution in [0, 0.1) is 0 Å². The molecule has 3 aromatic rings. The summed E-state index contributed by atoms with van der Waals surface area (Å²) in [7, 11) is -2.99. The highest BCUT2D eigenvalue weighted by Crippen LogP contribution is 2.34. The van der Waals surface area contributed by atoms with Crippen LogP contribution in [0.25, 0.3) is 0 Å². The third-order valence-corrected chi connectivity index (χ3v) is 8.46. The summed E-state index contributed by atoms with van der Waals surface area (Å²) in [5.74, 6) is -0.968. The molecule has 0 saturated heterocycles. The number of benzene rings is 3. The van der Waals surface area contributed by atoms with Gasteiger partial charge in [-0.15, -0.1) is 0 Å². The van der Waals surface area contributed by atoms with Gasteiger partial charge in [-0.3, -0.25) is 4.79 Å². The van der Waals surface area contributed by atoms with Crippen molar-refractivity contribution in [2.45, 2.75) is 17.5 Å². The molecule has 0 unspecified atom stereocenters. The normalized spacial score (nSPS) is 15.2. The average molecular weight is 584 g/mol. The standard InChI is InChI=1S/C25H21Cl3N2O6S/c1-35-25(32)23-14-30(21-7-2-3-8-22(21)36-23)24(31)15-29(13-18-19(27)5-4-6-20(18)28)37(33,34)17-11-9-16(26)10-12-17/h2-12,23H,13-15H2,1H3/t23-/m0/s1. The maximum absolute atomic E-state index is 13.7. The van der Waals surface area contributed by atoms with E-state index in [0.717, 1.165) is 4.31 Å². The summed E-state index contributed by atoms with van der Waals surface area (Å²) in [6, 6.07) is 17.0. The lowest BCUT2D eigenvalue weighted by Gasteiger charge is -2.34. The van der Waals surface area contributed by atoms with Gasteiger partial charge in [0.2, 0.25) is 22.0 Å². The van der Waals surface area contributed by atoms with Crippen molar-refractivity contribution in [3.05, 3.63) is 87.4 Å². The molecule has 0 N–H and O–H groups in total. The van der Waals surface area contributed by atoms with Gasteiger partial charge < -0.3 is 14.4 Å². The first-order valence-corrected chi connectivity index (χ1v) is 13.5. The van der Waals surface area contributed by atoms with Crippen LogP contribution in [-0.4, -0.2) is 50.9 Å². The smallest absolute Gasteiger partial charge is 0.348 e. The molecule has 0 bridgehead atoms. The minimum absolute atomic E-state index is 0.0670. The number of carbonyl (C=O) groups excluding carboxylic acids is 2. The highest BCUT2D eigenvalue weighted by atomic mass is 35.5. The summed E-state index contributed by atoms with van der Waals surface area (Å²) >= 11 is 18.6. The first kappa shape index (κ1) is 27.2. The Balaban J connectivity index is 1.72. The Kier molecular flexibility index (Phi) is 8.30. The molecule has 0 saturated carbocycles. The zero-order valence-corrected chi connectivity index (χ0v) is 22.5. The summed E-state index contributed by atoms with van der Waals surface area (Å²) in [6.45, 7) is -1.01. The number of para-hydroxylation sites is 2. The van der Waals surface area contributed by atoms with E-state index in [0.29, 0.717) is 22.0 Å². The quantitative estimate of drug-likeness (QED) is 0.371. The van der Waals surface area contributed by atoms with E-state index >= 15 is 0 Å². The van der Waals surface area contributed by atoms with E-state index in [1.54, 1.807) is 42.5 Å². The van der Waals surface area contributed by atoms with Gasteiger partial charge in [0.05, 0.1) is 30.8 Å². The number of halogens is 3. The summed E-state index contributed by atoms with van der Waals surface area (Å²) in [4.78, 5) is 27.1. The van der Waals surface area contributed by atoms with Gasteiger partial charge in [-0.05, 0) is 48.5 Å². The average Bonchev–Trinajstić information content (AvgIpc) is 2.89. The van der Waals surface area contributed by atoms with Gasteiger partial charge in [0.25, 0.3) is 0 Å². The van der Waals surface area contributed by atoms with Crippen LogP contribution < -0.4 is 9.64 Å². The van der Waals surface area contributed by atoms with E-state index in [1.165, 1.54) is 36.3 Å². The van der Waals surface area contributed by atoms with E-state index in [4.69, 9.17) is 44.3 Å². The number of anilines is 1. The topological polar surface area (TPSA) is 93.2 Å². The van der Waals surface area contributed by atoms with Crippen LogP contribution in [0.2, 0.25) is 15.1 Å². The van der Waals surface area contributed by atoms with E-state index in [-0.39, 0.29) is 28.0 Å². The van der Waals surface area contributed by atoms with Crippen LogP contribution in [0.3, 0.4) is 0 Å². The van der Waals surface area contributed by atoms with Crippen LogP contribution in [-0.2, 0) is 30.9 Å². The van der Waals surface area contributed by atoms with Gasteiger partial charge in [0.15, 0.2) is 0 Å². The molecule has 37 heavy (non-hydrogen) atoms. The Morgan fingerprint density at radius 3 is 2.30 bits per heavy atom. The fourth-order valence-corrected chi connectivity index (χ4v) is 5.80. The molecular weight excluding hydrogens is 563 g/mol. The lowest BCUT2D eigenvalue weighted by Crippen LogP contribution is -2.50. The van der Waals surface area contributed by atoms with Crippen molar-refractivity contribution in [1.29, 1.82) is 0 Å². The summed E-state index contributed by atoms with van der Waals surface area (Å²) in [5, 5.41) is 0.854. The summed E-state index contributed by atoms with van der Waals surface area (Å²) < 4.78 is 38.8. The maximum Gasteiger partial charge on any atom is 0.348 e. The van der Waals surface area contributed by atoms with E-state index in [1.807, 2.05) is 0 Å². The molecule has 3 aromatic carbocycles. The van der Waals surface area contributed by atoms with Crippen LogP contribution >= 0.6 is 34.8 Å². The van der Waals surface area contributed by atoms with E-state index in [9.17, 15) is 18.0 Å². The number of carbonyl (C=O) groups is 2. The molecule has 8 nitrogen and oxygen atoms in total. The summed E-state index contributed by atoms with van der Waals surface area (Å²) in [6.07, 6.45) is -1.08. The molecule has 12 heteroatoms. The predicted molar refractivity (Wildman–Crippen MR) is 141 cm³/mol. The fraction of sp³-hybridized carbons (Fsp3) is 0.200. The molecule has 0 spiro atoms. The Hall–Kier alpha value is -2.82. The number of rotatable bonds is 7. The highest BCUT2D eigenvalue weighted by molar-refractivity contribution is 7.89. The number of fused-ring (bicyclic) bond motifs is 1. The van der Waals surface area contributed by atoms with Crippen LogP contribution in [0.5, 0.6) is 5.75 Å². The number of sulfonamides is 1. The van der Waals surface area contributed by atoms with Crippen molar-refractivity contribution >= 4 is 62.4 Å². The predicted octanol–water partition coefficient (Wildman–Crippen LogP) is 4.80. The summed E-state index contributed by atoms with van der Waals surface area (Å²) in [5.41, 5.74) is 0.734. The van der Waals surface area contributed by atoms with Gasteiger partial charge in [-0.1, -0.05) is 53.0 Å². The molecule has 1 aliphatic rings. The highest BCUT2D eigenvalue weighted by Gasteiger charge is 2.37. The second-order valence-electron chi connectivity index (χ2n) is 8.03. The molecule has 194 valence electrons. The number of nitrogens with zero attached hydrogens (tertiary/aromatic N) is 2. The van der Waals surface area contributed by atoms with Crippen molar-refractivity contribution in [2.75, 3.05) is 25.1 Å². The van der Waals surface area contributed by atoms with Gasteiger partial charge in [0, 0.05) is 27.2 Å². The third-order valence-electron chi connectivity index (χ3n) is 5.70.